The van der Waals surface area contributed by atoms with Gasteiger partial charge in [-0.1, -0.05) is 191 Å². The molecule has 8 aromatic rings. The molecule has 0 fully saturated rings. The SMILES string of the molecule is CC(C)(C)c1ccc(-c2ccc(-c3nc4cc5c(cc4o3)B3c4cc(C(C)(C)C)ccc4N(c4ccc(C(C)(C)C)cc4)c4cc(C(C)(C)C)cc(c43)N5c3cc(C(C)(C)C)cc(C(C)(C)C)c3)cc2)cc1. The fourth-order valence-electron chi connectivity index (χ4n) is 10.7. The largest absolute Gasteiger partial charge is 0.436 e. The van der Waals surface area contributed by atoms with Crippen LogP contribution in [0.1, 0.15) is 158 Å². The van der Waals surface area contributed by atoms with Crippen LogP contribution in [0.5, 0.6) is 0 Å². The monoisotopic (exact) mass is 950 g/mol. The van der Waals surface area contributed by atoms with Crippen LogP contribution < -0.4 is 26.2 Å². The van der Waals surface area contributed by atoms with Gasteiger partial charge >= 0.3 is 0 Å². The van der Waals surface area contributed by atoms with Crippen molar-refractivity contribution in [2.75, 3.05) is 9.80 Å². The zero-order valence-corrected chi connectivity index (χ0v) is 46.5. The zero-order valence-electron chi connectivity index (χ0n) is 46.5. The Morgan fingerprint density at radius 2 is 0.764 bits per heavy atom. The van der Waals surface area contributed by atoms with Crippen LogP contribution in [0.25, 0.3) is 33.7 Å². The minimum Gasteiger partial charge on any atom is -0.436 e. The Morgan fingerprint density at radius 3 is 1.26 bits per heavy atom. The first-order valence-electron chi connectivity index (χ1n) is 26.3. The molecule has 0 radical (unpaired) electrons. The summed E-state index contributed by atoms with van der Waals surface area (Å²) in [7, 11) is 0. The maximum atomic E-state index is 6.94. The maximum absolute atomic E-state index is 6.94. The molecule has 2 aliphatic heterocycles. The summed E-state index contributed by atoms with van der Waals surface area (Å²) >= 11 is 0. The van der Waals surface area contributed by atoms with Crippen molar-refractivity contribution >= 4 is 68.3 Å². The van der Waals surface area contributed by atoms with E-state index < -0.39 is 0 Å². The smallest absolute Gasteiger partial charge is 0.252 e. The molecular weight excluding hydrogens is 874 g/mol. The van der Waals surface area contributed by atoms with E-state index >= 15 is 0 Å². The van der Waals surface area contributed by atoms with Gasteiger partial charge in [-0.3, -0.25) is 0 Å². The van der Waals surface area contributed by atoms with Crippen LogP contribution in [0.4, 0.5) is 34.1 Å². The Hall–Kier alpha value is -6.33. The molecular formula is C67H76BN3O. The van der Waals surface area contributed by atoms with Gasteiger partial charge in [0.05, 0.1) is 0 Å². The Morgan fingerprint density at radius 1 is 0.347 bits per heavy atom. The highest BCUT2D eigenvalue weighted by molar-refractivity contribution is 7.00. The van der Waals surface area contributed by atoms with Crippen molar-refractivity contribution in [2.45, 2.75) is 157 Å². The van der Waals surface area contributed by atoms with Gasteiger partial charge < -0.3 is 14.2 Å². The summed E-state index contributed by atoms with van der Waals surface area (Å²) in [5.41, 5.74) is 23.5. The summed E-state index contributed by atoms with van der Waals surface area (Å²) in [6.07, 6.45) is 0. The predicted molar refractivity (Wildman–Crippen MR) is 311 cm³/mol. The van der Waals surface area contributed by atoms with E-state index in [-0.39, 0.29) is 39.2 Å². The third-order valence-corrected chi connectivity index (χ3v) is 15.4. The molecule has 1 aromatic heterocycles. The van der Waals surface area contributed by atoms with Crippen molar-refractivity contribution in [2.24, 2.45) is 0 Å². The van der Waals surface area contributed by atoms with Crippen molar-refractivity contribution in [3.8, 4) is 22.6 Å². The first-order chi connectivity index (χ1) is 33.4. The molecule has 0 spiro atoms. The highest BCUT2D eigenvalue weighted by Crippen LogP contribution is 2.49. The maximum Gasteiger partial charge on any atom is 0.252 e. The standard InChI is InChI=1S/C67H76BN3O/c1-62(2,3)44-25-23-42(24-26-44)41-19-21-43(22-20-41)61-69-54-40-56-53(39-59(54)72-61)68-52-36-46(64(7,8)9)29-32-55(52)70(50-30-27-45(28-31-50)63(4,5)6)57-37-49(67(16,17)18)38-58(60(57)68)71(56)51-34-47(65(10,11)12)33-48(35-51)66(13,14)15/h19-40H,1-18H3. The lowest BCUT2D eigenvalue weighted by atomic mass is 9.33. The average molecular weight is 950 g/mol. The fraction of sp³-hybridized carbons (Fsp3) is 0.358. The van der Waals surface area contributed by atoms with E-state index in [1.165, 1.54) is 78.0 Å². The summed E-state index contributed by atoms with van der Waals surface area (Å²) in [6, 6.07) is 51.2. The van der Waals surface area contributed by atoms with Gasteiger partial charge in [0.1, 0.15) is 5.52 Å². The lowest BCUT2D eigenvalue weighted by Crippen LogP contribution is -2.61. The van der Waals surface area contributed by atoms with Crippen LogP contribution in [0.3, 0.4) is 0 Å². The Kier molecular flexibility index (Phi) is 11.4. The number of anilines is 6. The van der Waals surface area contributed by atoms with E-state index in [1.807, 2.05) is 0 Å². The molecule has 3 heterocycles. The normalized spacial score (nSPS) is 14.2. The van der Waals surface area contributed by atoms with Crippen molar-refractivity contribution in [1.29, 1.82) is 0 Å². The molecule has 368 valence electrons. The van der Waals surface area contributed by atoms with Gasteiger partial charge in [0.15, 0.2) is 5.58 Å². The predicted octanol–water partition coefficient (Wildman–Crippen LogP) is 17.0. The second-order valence-corrected chi connectivity index (χ2v) is 27.2. The van der Waals surface area contributed by atoms with Crippen molar-refractivity contribution in [3.05, 3.63) is 167 Å². The number of oxazole rings is 1. The number of rotatable bonds is 4. The van der Waals surface area contributed by atoms with Gasteiger partial charge in [-0.2, -0.15) is 0 Å². The van der Waals surface area contributed by atoms with Gasteiger partial charge in [0.25, 0.3) is 6.71 Å². The van der Waals surface area contributed by atoms with E-state index in [9.17, 15) is 0 Å². The molecule has 0 aliphatic carbocycles. The Balaban J connectivity index is 1.25. The van der Waals surface area contributed by atoms with E-state index in [2.05, 4.69) is 268 Å². The lowest BCUT2D eigenvalue weighted by molar-refractivity contribution is 0.568. The van der Waals surface area contributed by atoms with Crippen LogP contribution in [-0.2, 0) is 32.5 Å². The van der Waals surface area contributed by atoms with Crippen molar-refractivity contribution in [1.82, 2.24) is 4.98 Å². The van der Waals surface area contributed by atoms with E-state index in [0.717, 1.165) is 33.7 Å². The second-order valence-electron chi connectivity index (χ2n) is 27.2. The zero-order chi connectivity index (χ0) is 51.8. The highest BCUT2D eigenvalue weighted by atomic mass is 16.3. The number of aromatic nitrogens is 1. The van der Waals surface area contributed by atoms with Crippen molar-refractivity contribution in [3.63, 3.8) is 0 Å². The quantitative estimate of drug-likeness (QED) is 0.165. The lowest BCUT2D eigenvalue weighted by Gasteiger charge is -2.45. The summed E-state index contributed by atoms with van der Waals surface area (Å²) in [4.78, 5) is 10.5. The average Bonchev–Trinajstić information content (AvgIpc) is 3.72. The Bertz CT molecular complexity index is 3350. The van der Waals surface area contributed by atoms with Gasteiger partial charge in [-0.05, 0) is 160 Å². The summed E-state index contributed by atoms with van der Waals surface area (Å²) in [5, 5.41) is 0. The van der Waals surface area contributed by atoms with Gasteiger partial charge in [0.2, 0.25) is 5.89 Å². The topological polar surface area (TPSA) is 32.5 Å². The molecule has 0 saturated carbocycles. The van der Waals surface area contributed by atoms with E-state index in [1.54, 1.807) is 0 Å². The third-order valence-electron chi connectivity index (χ3n) is 15.4. The van der Waals surface area contributed by atoms with Crippen LogP contribution in [0, 0.1) is 0 Å². The number of nitrogens with zero attached hydrogens (tertiary/aromatic N) is 3. The molecule has 0 amide bonds. The molecule has 72 heavy (non-hydrogen) atoms. The molecule has 0 bridgehead atoms. The van der Waals surface area contributed by atoms with Crippen LogP contribution in [-0.4, -0.2) is 11.7 Å². The number of hydrogen-bond acceptors (Lipinski definition) is 4. The molecule has 2 aliphatic rings. The van der Waals surface area contributed by atoms with Crippen LogP contribution in [0.2, 0.25) is 0 Å². The molecule has 0 saturated heterocycles. The van der Waals surface area contributed by atoms with Crippen molar-refractivity contribution < 1.29 is 4.42 Å². The van der Waals surface area contributed by atoms with Crippen LogP contribution >= 0.6 is 0 Å². The molecule has 5 heteroatoms. The second kappa shape index (κ2) is 16.6. The van der Waals surface area contributed by atoms with Gasteiger partial charge in [-0.25, -0.2) is 4.98 Å². The van der Waals surface area contributed by atoms with Gasteiger partial charge in [-0.15, -0.1) is 0 Å². The summed E-state index contributed by atoms with van der Waals surface area (Å²) in [6.45, 7) is 41.6. The molecule has 0 atom stereocenters. The minimum atomic E-state index is -0.147. The van der Waals surface area contributed by atoms with E-state index in [4.69, 9.17) is 9.40 Å². The number of benzene rings is 7. The molecule has 10 rings (SSSR count). The minimum absolute atomic E-state index is 0.0301. The molecule has 0 unspecified atom stereocenters. The highest BCUT2D eigenvalue weighted by Gasteiger charge is 2.45. The first-order valence-corrected chi connectivity index (χ1v) is 26.3. The molecule has 0 N–H and O–H groups in total. The summed E-state index contributed by atoms with van der Waals surface area (Å²) < 4.78 is 6.94. The number of fused-ring (bicyclic) bond motifs is 5. The Labute approximate surface area is 432 Å². The third kappa shape index (κ3) is 8.79. The molecule has 7 aromatic carbocycles. The fourth-order valence-corrected chi connectivity index (χ4v) is 10.7. The first kappa shape index (κ1) is 49.3. The molecule has 4 nitrogen and oxygen atoms in total. The van der Waals surface area contributed by atoms with E-state index in [0.29, 0.717) is 5.89 Å². The van der Waals surface area contributed by atoms with Gasteiger partial charge in [0, 0.05) is 39.7 Å². The number of hydrogen-bond donors (Lipinski definition) is 0. The summed E-state index contributed by atoms with van der Waals surface area (Å²) in [5.74, 6) is 0.621. The van der Waals surface area contributed by atoms with Crippen LogP contribution in [0.15, 0.2) is 138 Å².